The first kappa shape index (κ1) is 14.2. The van der Waals surface area contributed by atoms with Gasteiger partial charge in [-0.25, -0.2) is 0 Å². The highest BCUT2D eigenvalue weighted by atomic mass is 19.4. The number of rotatable bonds is 2. The van der Waals surface area contributed by atoms with E-state index in [1.165, 1.54) is 13.2 Å². The summed E-state index contributed by atoms with van der Waals surface area (Å²) >= 11 is 0. The molecular formula is C15H12F3N3O. The summed E-state index contributed by atoms with van der Waals surface area (Å²) in [4.78, 5) is 4.02. The van der Waals surface area contributed by atoms with Crippen LogP contribution in [0.2, 0.25) is 0 Å². The number of methoxy groups -OCH3 is 1. The minimum absolute atomic E-state index is 0.142. The van der Waals surface area contributed by atoms with Crippen molar-refractivity contribution in [1.29, 1.82) is 0 Å². The number of ether oxygens (including phenoxy) is 1. The zero-order chi connectivity index (χ0) is 15.7. The van der Waals surface area contributed by atoms with Gasteiger partial charge in [0.1, 0.15) is 5.75 Å². The number of halogens is 3. The molecule has 7 heteroatoms. The van der Waals surface area contributed by atoms with Crippen molar-refractivity contribution in [3.8, 4) is 5.75 Å². The molecule has 0 radical (unpaired) electrons. The molecule has 0 spiro atoms. The van der Waals surface area contributed by atoms with Crippen molar-refractivity contribution in [2.45, 2.75) is 6.18 Å². The molecule has 3 rings (SSSR count). The topological polar surface area (TPSA) is 46.2 Å². The quantitative estimate of drug-likeness (QED) is 0.872. The third-order valence-electron chi connectivity index (χ3n) is 3.34. The van der Waals surface area contributed by atoms with Gasteiger partial charge in [-0.1, -0.05) is 0 Å². The van der Waals surface area contributed by atoms with Crippen LogP contribution in [0.1, 0.15) is 11.1 Å². The van der Waals surface area contributed by atoms with Crippen LogP contribution >= 0.6 is 0 Å². The van der Waals surface area contributed by atoms with Gasteiger partial charge in [-0.3, -0.25) is 4.98 Å². The van der Waals surface area contributed by atoms with Gasteiger partial charge in [-0.05, 0) is 24.3 Å². The maximum absolute atomic E-state index is 12.8. The highest BCUT2D eigenvalue weighted by Gasteiger charge is 2.31. The van der Waals surface area contributed by atoms with Gasteiger partial charge in [-0.15, -0.1) is 0 Å². The van der Waals surface area contributed by atoms with E-state index in [-0.39, 0.29) is 5.75 Å². The van der Waals surface area contributed by atoms with Gasteiger partial charge < -0.3 is 15.6 Å². The minimum atomic E-state index is -4.41. The SMILES string of the molecule is COc1cc(C(F)(F)F)ccc1C1=c2ccncc2=CNN1. The molecule has 0 fully saturated rings. The third-order valence-corrected chi connectivity index (χ3v) is 3.34. The Labute approximate surface area is 123 Å². The Kier molecular flexibility index (Phi) is 3.40. The van der Waals surface area contributed by atoms with Gasteiger partial charge >= 0.3 is 6.18 Å². The lowest BCUT2D eigenvalue weighted by Gasteiger charge is -2.19. The predicted molar refractivity (Wildman–Crippen MR) is 74.7 cm³/mol. The molecule has 0 saturated heterocycles. The van der Waals surface area contributed by atoms with Gasteiger partial charge in [0, 0.05) is 34.6 Å². The molecule has 2 heterocycles. The Hall–Kier alpha value is -2.70. The molecular weight excluding hydrogens is 295 g/mol. The van der Waals surface area contributed by atoms with E-state index in [0.29, 0.717) is 11.3 Å². The van der Waals surface area contributed by atoms with Crippen LogP contribution in [0.15, 0.2) is 36.7 Å². The maximum Gasteiger partial charge on any atom is 0.416 e. The van der Waals surface area contributed by atoms with E-state index in [9.17, 15) is 13.2 Å². The Morgan fingerprint density at radius 1 is 1.18 bits per heavy atom. The average Bonchev–Trinajstić information content (AvgIpc) is 2.53. The Balaban J connectivity index is 2.24. The molecule has 0 atom stereocenters. The second-order valence-corrected chi connectivity index (χ2v) is 4.66. The molecule has 0 aliphatic carbocycles. The number of hydrazine groups is 1. The van der Waals surface area contributed by atoms with Crippen molar-refractivity contribution in [1.82, 2.24) is 15.8 Å². The average molecular weight is 307 g/mol. The van der Waals surface area contributed by atoms with Crippen molar-refractivity contribution in [2.24, 2.45) is 0 Å². The molecule has 22 heavy (non-hydrogen) atoms. The number of hydrogen-bond acceptors (Lipinski definition) is 4. The van der Waals surface area contributed by atoms with Crippen molar-refractivity contribution in [2.75, 3.05) is 7.11 Å². The number of fused-ring (bicyclic) bond motifs is 1. The summed E-state index contributed by atoms with van der Waals surface area (Å²) in [5.41, 5.74) is 6.21. The smallest absolute Gasteiger partial charge is 0.416 e. The number of hydrogen-bond donors (Lipinski definition) is 2. The first-order valence-electron chi connectivity index (χ1n) is 6.42. The third kappa shape index (κ3) is 2.45. The van der Waals surface area contributed by atoms with E-state index in [1.54, 1.807) is 24.7 Å². The van der Waals surface area contributed by atoms with Crippen LogP contribution in [-0.4, -0.2) is 12.1 Å². The van der Waals surface area contributed by atoms with E-state index in [2.05, 4.69) is 15.8 Å². The Bertz CT molecular complexity index is 831. The van der Waals surface area contributed by atoms with Crippen LogP contribution < -0.4 is 26.0 Å². The first-order chi connectivity index (χ1) is 10.5. The summed E-state index contributed by atoms with van der Waals surface area (Å²) in [7, 11) is 1.34. The number of nitrogens with zero attached hydrogens (tertiary/aromatic N) is 1. The summed E-state index contributed by atoms with van der Waals surface area (Å²) in [6.07, 6.45) is 0.600. The first-order valence-corrected chi connectivity index (χ1v) is 6.42. The van der Waals surface area contributed by atoms with E-state index in [4.69, 9.17) is 4.74 Å². The fourth-order valence-electron chi connectivity index (χ4n) is 2.29. The second-order valence-electron chi connectivity index (χ2n) is 4.66. The van der Waals surface area contributed by atoms with Crippen LogP contribution in [0.25, 0.3) is 11.9 Å². The molecule has 0 amide bonds. The van der Waals surface area contributed by atoms with Gasteiger partial charge in [0.15, 0.2) is 0 Å². The molecule has 1 aliphatic heterocycles. The van der Waals surface area contributed by atoms with E-state index >= 15 is 0 Å². The molecule has 2 N–H and O–H groups in total. The molecule has 2 aromatic rings. The molecule has 4 nitrogen and oxygen atoms in total. The number of pyridine rings is 1. The van der Waals surface area contributed by atoms with Crippen molar-refractivity contribution in [3.05, 3.63) is 58.2 Å². The number of nitrogens with one attached hydrogen (secondary N) is 2. The van der Waals surface area contributed by atoms with E-state index in [0.717, 1.165) is 22.6 Å². The molecule has 114 valence electrons. The highest BCUT2D eigenvalue weighted by Crippen LogP contribution is 2.34. The monoisotopic (exact) mass is 307 g/mol. The van der Waals surface area contributed by atoms with Crippen LogP contribution in [0, 0.1) is 0 Å². The fraction of sp³-hybridized carbons (Fsp3) is 0.133. The van der Waals surface area contributed by atoms with E-state index < -0.39 is 11.7 Å². The second kappa shape index (κ2) is 5.25. The molecule has 1 aliphatic rings. The zero-order valence-electron chi connectivity index (χ0n) is 11.5. The van der Waals surface area contributed by atoms with Gasteiger partial charge in [-0.2, -0.15) is 13.2 Å². The van der Waals surface area contributed by atoms with Gasteiger partial charge in [0.2, 0.25) is 0 Å². The Morgan fingerprint density at radius 3 is 2.73 bits per heavy atom. The van der Waals surface area contributed by atoms with Crippen LogP contribution in [0.3, 0.4) is 0 Å². The highest BCUT2D eigenvalue weighted by molar-refractivity contribution is 5.70. The van der Waals surface area contributed by atoms with Crippen LogP contribution in [0.4, 0.5) is 13.2 Å². The molecule has 1 aromatic heterocycles. The number of benzene rings is 1. The van der Waals surface area contributed by atoms with Crippen LogP contribution in [0.5, 0.6) is 5.75 Å². The maximum atomic E-state index is 12.8. The van der Waals surface area contributed by atoms with Crippen molar-refractivity contribution >= 4 is 11.9 Å². The lowest BCUT2D eigenvalue weighted by molar-refractivity contribution is -0.137. The summed E-state index contributed by atoms with van der Waals surface area (Å²) in [6, 6.07) is 5.20. The van der Waals surface area contributed by atoms with Crippen LogP contribution in [-0.2, 0) is 6.18 Å². The van der Waals surface area contributed by atoms with E-state index in [1.807, 2.05) is 0 Å². The summed E-state index contributed by atoms with van der Waals surface area (Å²) in [5.74, 6) is 0.142. The number of alkyl halides is 3. The fourth-order valence-corrected chi connectivity index (χ4v) is 2.29. The largest absolute Gasteiger partial charge is 0.496 e. The standard InChI is InChI=1S/C15H12F3N3O/c1-22-13-6-10(15(16,17)18)2-3-12(13)14-11-4-5-19-7-9(11)8-20-21-14/h2-8,20-21H,1H3. The molecule has 0 saturated carbocycles. The normalized spacial score (nSPS) is 13.5. The minimum Gasteiger partial charge on any atom is -0.496 e. The predicted octanol–water partition coefficient (Wildman–Crippen LogP) is 1.11. The summed E-state index contributed by atoms with van der Waals surface area (Å²) in [6.45, 7) is 0. The van der Waals surface area contributed by atoms with Crippen molar-refractivity contribution in [3.63, 3.8) is 0 Å². The summed E-state index contributed by atoms with van der Waals surface area (Å²) < 4.78 is 43.6. The Morgan fingerprint density at radius 2 is 2.00 bits per heavy atom. The molecule has 0 bridgehead atoms. The van der Waals surface area contributed by atoms with Gasteiger partial charge in [0.05, 0.1) is 18.4 Å². The summed E-state index contributed by atoms with van der Waals surface area (Å²) in [5, 5.41) is 1.66. The van der Waals surface area contributed by atoms with Crippen molar-refractivity contribution < 1.29 is 17.9 Å². The molecule has 0 unspecified atom stereocenters. The lowest BCUT2D eigenvalue weighted by atomic mass is 10.0. The molecule has 1 aromatic carbocycles. The number of aromatic nitrogens is 1. The lowest BCUT2D eigenvalue weighted by Crippen LogP contribution is -2.43. The zero-order valence-corrected chi connectivity index (χ0v) is 11.5. The van der Waals surface area contributed by atoms with Gasteiger partial charge in [0.25, 0.3) is 0 Å².